The highest BCUT2D eigenvalue weighted by Gasteiger charge is 2.09. The highest BCUT2D eigenvalue weighted by atomic mass is 19.1. The summed E-state index contributed by atoms with van der Waals surface area (Å²) in [5, 5.41) is 12.0. The van der Waals surface area contributed by atoms with Gasteiger partial charge in [-0.3, -0.25) is 0 Å². The minimum Gasteiger partial charge on any atom is -0.491 e. The van der Waals surface area contributed by atoms with Crippen molar-refractivity contribution in [2.75, 3.05) is 18.5 Å². The molecule has 20 heavy (non-hydrogen) atoms. The van der Waals surface area contributed by atoms with E-state index >= 15 is 0 Å². The van der Waals surface area contributed by atoms with E-state index in [-0.39, 0.29) is 11.4 Å². The number of carboxylic acid groups (broad SMARTS) is 1. The highest BCUT2D eigenvalue weighted by Crippen LogP contribution is 2.17. The first kappa shape index (κ1) is 13.9. The summed E-state index contributed by atoms with van der Waals surface area (Å²) in [5.41, 5.74) is 0.913. The number of hydrogen-bond acceptors (Lipinski definition) is 3. The first-order valence-electron chi connectivity index (χ1n) is 6.11. The number of para-hydroxylation sites is 1. The fraction of sp³-hybridized carbons (Fsp3) is 0.133. The number of benzene rings is 2. The Morgan fingerprint density at radius 3 is 2.55 bits per heavy atom. The molecule has 0 bridgehead atoms. The molecule has 0 radical (unpaired) electrons. The van der Waals surface area contributed by atoms with Gasteiger partial charge in [-0.1, -0.05) is 12.1 Å². The monoisotopic (exact) mass is 275 g/mol. The van der Waals surface area contributed by atoms with Gasteiger partial charge in [0.05, 0.1) is 0 Å². The van der Waals surface area contributed by atoms with Gasteiger partial charge in [0.15, 0.2) is 0 Å². The van der Waals surface area contributed by atoms with Crippen molar-refractivity contribution in [2.24, 2.45) is 0 Å². The summed E-state index contributed by atoms with van der Waals surface area (Å²) < 4.78 is 18.1. The Balaban J connectivity index is 1.84. The molecule has 0 atom stereocenters. The molecule has 0 fully saturated rings. The molecule has 2 rings (SSSR count). The minimum absolute atomic E-state index is 0.134. The van der Waals surface area contributed by atoms with E-state index in [2.05, 4.69) is 5.32 Å². The summed E-state index contributed by atoms with van der Waals surface area (Å²) in [5.74, 6) is -0.977. The van der Waals surface area contributed by atoms with Crippen LogP contribution in [0.3, 0.4) is 0 Å². The molecule has 4 nitrogen and oxygen atoms in total. The van der Waals surface area contributed by atoms with Crippen molar-refractivity contribution >= 4 is 11.7 Å². The Labute approximate surface area is 115 Å². The summed E-state index contributed by atoms with van der Waals surface area (Å²) in [6, 6.07) is 12.4. The van der Waals surface area contributed by atoms with Gasteiger partial charge in [0.1, 0.15) is 23.7 Å². The molecule has 0 spiro atoms. The third-order valence-electron chi connectivity index (χ3n) is 2.65. The lowest BCUT2D eigenvalue weighted by molar-refractivity contribution is 0.0692. The number of carbonyl (C=O) groups is 1. The van der Waals surface area contributed by atoms with Crippen molar-refractivity contribution in [3.63, 3.8) is 0 Å². The van der Waals surface area contributed by atoms with Crippen molar-refractivity contribution in [1.82, 2.24) is 0 Å². The molecule has 2 aromatic rings. The van der Waals surface area contributed by atoms with Crippen molar-refractivity contribution < 1.29 is 19.0 Å². The lowest BCUT2D eigenvalue weighted by Gasteiger charge is -2.10. The fourth-order valence-corrected chi connectivity index (χ4v) is 1.69. The highest BCUT2D eigenvalue weighted by molar-refractivity contribution is 5.90. The normalized spacial score (nSPS) is 10.1. The predicted octanol–water partition coefficient (Wildman–Crippen LogP) is 3.01. The maximum atomic E-state index is 12.7. The second-order valence-electron chi connectivity index (χ2n) is 4.08. The van der Waals surface area contributed by atoms with Gasteiger partial charge < -0.3 is 15.2 Å². The summed E-state index contributed by atoms with van der Waals surface area (Å²) in [6.45, 7) is 0.793. The van der Waals surface area contributed by atoms with Crippen LogP contribution >= 0.6 is 0 Å². The number of anilines is 1. The Hall–Kier alpha value is -2.56. The zero-order valence-corrected chi connectivity index (χ0v) is 10.7. The fourth-order valence-electron chi connectivity index (χ4n) is 1.69. The quantitative estimate of drug-likeness (QED) is 0.796. The van der Waals surface area contributed by atoms with Crippen LogP contribution < -0.4 is 10.1 Å². The summed E-state index contributed by atoms with van der Waals surface area (Å²) in [6.07, 6.45) is 0. The first-order chi connectivity index (χ1) is 9.66. The molecular weight excluding hydrogens is 261 g/mol. The molecule has 0 unspecified atom stereocenters. The molecule has 0 amide bonds. The first-order valence-corrected chi connectivity index (χ1v) is 6.11. The molecule has 5 heteroatoms. The Bertz CT molecular complexity index is 584. The van der Waals surface area contributed by atoms with Crippen LogP contribution in [0.4, 0.5) is 10.1 Å². The summed E-state index contributed by atoms with van der Waals surface area (Å²) in [7, 11) is 0. The topological polar surface area (TPSA) is 58.6 Å². The second-order valence-corrected chi connectivity index (χ2v) is 4.08. The van der Waals surface area contributed by atoms with E-state index in [9.17, 15) is 9.18 Å². The van der Waals surface area contributed by atoms with Crippen LogP contribution in [0.5, 0.6) is 5.75 Å². The largest absolute Gasteiger partial charge is 0.491 e. The molecule has 0 aliphatic rings. The molecule has 0 saturated heterocycles. The number of ether oxygens (including phenoxy) is 1. The predicted molar refractivity (Wildman–Crippen MR) is 73.8 cm³/mol. The SMILES string of the molecule is O=C(O)c1ccccc1OCCNc1ccc(F)cc1. The smallest absolute Gasteiger partial charge is 0.339 e. The van der Waals surface area contributed by atoms with Crippen LogP contribution in [0.2, 0.25) is 0 Å². The molecule has 0 aliphatic heterocycles. The summed E-state index contributed by atoms with van der Waals surface area (Å²) in [4.78, 5) is 11.0. The zero-order chi connectivity index (χ0) is 14.4. The van der Waals surface area contributed by atoms with Crippen molar-refractivity contribution in [2.45, 2.75) is 0 Å². The van der Waals surface area contributed by atoms with E-state index in [4.69, 9.17) is 9.84 Å². The number of rotatable bonds is 6. The minimum atomic E-state index is -1.02. The molecule has 0 aromatic heterocycles. The zero-order valence-electron chi connectivity index (χ0n) is 10.7. The van der Waals surface area contributed by atoms with E-state index < -0.39 is 5.97 Å². The third kappa shape index (κ3) is 3.71. The maximum Gasteiger partial charge on any atom is 0.339 e. The van der Waals surface area contributed by atoms with E-state index in [0.29, 0.717) is 18.9 Å². The van der Waals surface area contributed by atoms with E-state index in [1.165, 1.54) is 18.2 Å². The van der Waals surface area contributed by atoms with Gasteiger partial charge in [-0.15, -0.1) is 0 Å². The molecule has 0 heterocycles. The van der Waals surface area contributed by atoms with E-state index in [1.807, 2.05) is 0 Å². The number of nitrogens with one attached hydrogen (secondary N) is 1. The van der Waals surface area contributed by atoms with Gasteiger partial charge in [0.2, 0.25) is 0 Å². The van der Waals surface area contributed by atoms with Gasteiger partial charge in [0.25, 0.3) is 0 Å². The van der Waals surface area contributed by atoms with Gasteiger partial charge in [-0.2, -0.15) is 0 Å². The van der Waals surface area contributed by atoms with Crippen LogP contribution in [0.25, 0.3) is 0 Å². The van der Waals surface area contributed by atoms with Crippen LogP contribution in [-0.2, 0) is 0 Å². The number of halogens is 1. The van der Waals surface area contributed by atoms with Gasteiger partial charge in [0, 0.05) is 12.2 Å². The molecular formula is C15H14FNO3. The third-order valence-corrected chi connectivity index (χ3v) is 2.65. The van der Waals surface area contributed by atoms with Crippen molar-refractivity contribution in [3.8, 4) is 5.75 Å². The van der Waals surface area contributed by atoms with Gasteiger partial charge in [-0.05, 0) is 36.4 Å². The van der Waals surface area contributed by atoms with E-state index in [0.717, 1.165) is 5.69 Å². The Morgan fingerprint density at radius 1 is 1.15 bits per heavy atom. The lowest BCUT2D eigenvalue weighted by Crippen LogP contribution is -2.13. The molecule has 2 aromatic carbocycles. The van der Waals surface area contributed by atoms with Crippen molar-refractivity contribution in [1.29, 1.82) is 0 Å². The van der Waals surface area contributed by atoms with Crippen LogP contribution in [0.1, 0.15) is 10.4 Å². The average Bonchev–Trinajstić information content (AvgIpc) is 2.46. The summed E-state index contributed by atoms with van der Waals surface area (Å²) >= 11 is 0. The van der Waals surface area contributed by atoms with Gasteiger partial charge in [-0.25, -0.2) is 9.18 Å². The number of hydrogen-bond donors (Lipinski definition) is 2. The molecule has 0 aliphatic carbocycles. The lowest BCUT2D eigenvalue weighted by atomic mass is 10.2. The number of aromatic carboxylic acids is 1. The number of carboxylic acids is 1. The second kappa shape index (κ2) is 6.56. The van der Waals surface area contributed by atoms with Gasteiger partial charge >= 0.3 is 5.97 Å². The standard InChI is InChI=1S/C15H14FNO3/c16-11-5-7-12(8-6-11)17-9-10-20-14-4-2-1-3-13(14)15(18)19/h1-8,17H,9-10H2,(H,18,19). The van der Waals surface area contributed by atoms with Crippen molar-refractivity contribution in [3.05, 3.63) is 59.9 Å². The molecule has 0 saturated carbocycles. The van der Waals surface area contributed by atoms with E-state index in [1.54, 1.807) is 30.3 Å². The Kier molecular flexibility index (Phi) is 4.55. The molecule has 104 valence electrons. The maximum absolute atomic E-state index is 12.7. The Morgan fingerprint density at radius 2 is 1.85 bits per heavy atom. The molecule has 2 N–H and O–H groups in total. The van der Waals surface area contributed by atoms with Crippen LogP contribution in [-0.4, -0.2) is 24.2 Å². The van der Waals surface area contributed by atoms with Crippen LogP contribution in [0, 0.1) is 5.82 Å². The van der Waals surface area contributed by atoms with Crippen LogP contribution in [0.15, 0.2) is 48.5 Å². The average molecular weight is 275 g/mol.